The third-order valence-corrected chi connectivity index (χ3v) is 5.23. The maximum Gasteiger partial charge on any atom is 0.191 e. The van der Waals surface area contributed by atoms with Crippen LogP contribution < -0.4 is 10.6 Å². The van der Waals surface area contributed by atoms with Gasteiger partial charge in [-0.3, -0.25) is 4.99 Å². The third kappa shape index (κ3) is 3.47. The zero-order valence-corrected chi connectivity index (χ0v) is 13.0. The number of piperazine rings is 1. The predicted octanol–water partition coefficient (Wildman–Crippen LogP) is 0.741. The number of nitrogens with zero attached hydrogens (tertiary/aromatic N) is 4. The Morgan fingerprint density at radius 3 is 2.81 bits per heavy atom. The number of aliphatic hydroxyl groups is 1. The van der Waals surface area contributed by atoms with E-state index in [-0.39, 0.29) is 6.10 Å². The first-order chi connectivity index (χ1) is 10.2. The summed E-state index contributed by atoms with van der Waals surface area (Å²) >= 11 is 1.67. The van der Waals surface area contributed by atoms with Gasteiger partial charge in [-0.2, -0.15) is 0 Å². The molecule has 1 aliphatic heterocycles. The van der Waals surface area contributed by atoms with Gasteiger partial charge in [-0.15, -0.1) is 11.3 Å². The van der Waals surface area contributed by atoms with Gasteiger partial charge in [-0.05, 0) is 12.8 Å². The summed E-state index contributed by atoms with van der Waals surface area (Å²) in [7, 11) is 0. The van der Waals surface area contributed by atoms with E-state index in [1.165, 1.54) is 0 Å². The van der Waals surface area contributed by atoms with Crippen molar-refractivity contribution >= 4 is 22.4 Å². The molecule has 0 spiro atoms. The van der Waals surface area contributed by atoms with Crippen molar-refractivity contribution in [3.63, 3.8) is 0 Å². The summed E-state index contributed by atoms with van der Waals surface area (Å²) in [5.74, 6) is 0.910. The van der Waals surface area contributed by atoms with E-state index in [9.17, 15) is 5.11 Å². The van der Waals surface area contributed by atoms with Gasteiger partial charge in [0.2, 0.25) is 0 Å². The minimum atomic E-state index is -0.191. The molecule has 116 valence electrons. The molecule has 3 rings (SSSR count). The van der Waals surface area contributed by atoms with E-state index in [2.05, 4.69) is 19.8 Å². The number of aliphatic hydroxyl groups excluding tert-OH is 1. The second kappa shape index (κ2) is 6.62. The quantitative estimate of drug-likeness (QED) is 0.636. The van der Waals surface area contributed by atoms with Gasteiger partial charge in [0.15, 0.2) is 11.1 Å². The van der Waals surface area contributed by atoms with Crippen molar-refractivity contribution < 1.29 is 5.11 Å². The maximum atomic E-state index is 9.82. The van der Waals surface area contributed by atoms with Crippen molar-refractivity contribution in [1.82, 2.24) is 9.88 Å². The second-order valence-corrected chi connectivity index (χ2v) is 6.62. The Hall–Kier alpha value is -1.34. The molecule has 2 heterocycles. The number of aromatic nitrogens is 1. The maximum absolute atomic E-state index is 9.82. The van der Waals surface area contributed by atoms with Crippen LogP contribution >= 0.6 is 11.3 Å². The lowest BCUT2D eigenvalue weighted by Gasteiger charge is -2.35. The molecule has 0 radical (unpaired) electrons. The molecule has 0 amide bonds. The van der Waals surface area contributed by atoms with E-state index in [0.29, 0.717) is 18.4 Å². The Bertz CT molecular complexity index is 470. The lowest BCUT2D eigenvalue weighted by molar-refractivity contribution is 0.136. The van der Waals surface area contributed by atoms with Gasteiger partial charge in [0.1, 0.15) is 0 Å². The second-order valence-electron chi connectivity index (χ2n) is 5.75. The van der Waals surface area contributed by atoms with Crippen LogP contribution in [-0.4, -0.2) is 59.8 Å². The first-order valence-corrected chi connectivity index (χ1v) is 8.49. The van der Waals surface area contributed by atoms with Crippen LogP contribution in [0.4, 0.5) is 5.13 Å². The summed E-state index contributed by atoms with van der Waals surface area (Å²) in [6.07, 6.45) is 4.73. The van der Waals surface area contributed by atoms with Crippen LogP contribution in [0, 0.1) is 5.92 Å². The van der Waals surface area contributed by atoms with E-state index in [0.717, 1.165) is 50.6 Å². The van der Waals surface area contributed by atoms with Crippen molar-refractivity contribution in [2.75, 3.05) is 37.6 Å². The van der Waals surface area contributed by atoms with Crippen LogP contribution in [0.1, 0.15) is 19.3 Å². The van der Waals surface area contributed by atoms with Crippen molar-refractivity contribution in [3.8, 4) is 0 Å². The lowest BCUT2D eigenvalue weighted by Crippen LogP contribution is -2.51. The zero-order valence-electron chi connectivity index (χ0n) is 12.2. The molecule has 2 aliphatic rings. The van der Waals surface area contributed by atoms with Crippen molar-refractivity contribution in [1.29, 1.82) is 0 Å². The minimum absolute atomic E-state index is 0.191. The van der Waals surface area contributed by atoms with Gasteiger partial charge in [0, 0.05) is 50.2 Å². The SMILES string of the molecule is NC(=NCC1CCCC1O)N1CCN(c2nccs2)CC1. The Kier molecular flexibility index (Phi) is 4.60. The fraction of sp³-hybridized carbons (Fsp3) is 0.714. The first kappa shape index (κ1) is 14.6. The van der Waals surface area contributed by atoms with Gasteiger partial charge in [-0.25, -0.2) is 4.98 Å². The van der Waals surface area contributed by atoms with Crippen LogP contribution in [0.3, 0.4) is 0 Å². The van der Waals surface area contributed by atoms with E-state index < -0.39 is 0 Å². The fourth-order valence-corrected chi connectivity index (χ4v) is 3.74. The normalized spacial score (nSPS) is 27.4. The van der Waals surface area contributed by atoms with Crippen LogP contribution in [-0.2, 0) is 0 Å². The molecular formula is C14H23N5OS. The van der Waals surface area contributed by atoms with Crippen molar-refractivity contribution in [2.24, 2.45) is 16.6 Å². The molecule has 0 bridgehead atoms. The average Bonchev–Trinajstić information content (AvgIpc) is 3.17. The zero-order chi connectivity index (χ0) is 14.7. The number of rotatable bonds is 3. The molecule has 1 aliphatic carbocycles. The molecule has 21 heavy (non-hydrogen) atoms. The fourth-order valence-electron chi connectivity index (χ4n) is 3.04. The van der Waals surface area contributed by atoms with Crippen molar-refractivity contribution in [2.45, 2.75) is 25.4 Å². The summed E-state index contributed by atoms with van der Waals surface area (Å²) in [6, 6.07) is 0. The molecule has 2 fully saturated rings. The summed E-state index contributed by atoms with van der Waals surface area (Å²) in [5.41, 5.74) is 6.10. The largest absolute Gasteiger partial charge is 0.393 e. The standard InChI is InChI=1S/C14H23N5OS/c15-13(17-10-11-2-1-3-12(11)20)18-5-7-19(8-6-18)14-16-4-9-21-14/h4,9,11-12,20H,1-3,5-8,10H2,(H2,15,17). The van der Waals surface area contributed by atoms with E-state index in [4.69, 9.17) is 5.73 Å². The smallest absolute Gasteiger partial charge is 0.191 e. The highest BCUT2D eigenvalue weighted by atomic mass is 32.1. The highest BCUT2D eigenvalue weighted by molar-refractivity contribution is 7.13. The number of nitrogens with two attached hydrogens (primary N) is 1. The van der Waals surface area contributed by atoms with E-state index in [1.54, 1.807) is 11.3 Å². The highest BCUT2D eigenvalue weighted by Gasteiger charge is 2.25. The molecule has 2 atom stereocenters. The van der Waals surface area contributed by atoms with E-state index in [1.807, 2.05) is 11.6 Å². The summed E-state index contributed by atoms with van der Waals surface area (Å²) in [5, 5.41) is 12.9. The molecule has 1 aromatic rings. The van der Waals surface area contributed by atoms with Gasteiger partial charge in [0.25, 0.3) is 0 Å². The summed E-state index contributed by atoms with van der Waals surface area (Å²) < 4.78 is 0. The number of anilines is 1. The number of hydrogen-bond acceptors (Lipinski definition) is 5. The molecule has 1 saturated carbocycles. The number of guanidine groups is 1. The first-order valence-electron chi connectivity index (χ1n) is 7.61. The molecule has 0 aromatic carbocycles. The number of aliphatic imine (C=N–C) groups is 1. The van der Waals surface area contributed by atoms with Crippen molar-refractivity contribution in [3.05, 3.63) is 11.6 Å². The number of thiazole rings is 1. The van der Waals surface area contributed by atoms with Crippen LogP contribution in [0.25, 0.3) is 0 Å². The molecule has 7 heteroatoms. The van der Waals surface area contributed by atoms with E-state index >= 15 is 0 Å². The van der Waals surface area contributed by atoms with Crippen LogP contribution in [0.5, 0.6) is 0 Å². The van der Waals surface area contributed by atoms with Gasteiger partial charge in [0.05, 0.1) is 6.10 Å². The molecule has 1 saturated heterocycles. The van der Waals surface area contributed by atoms with Gasteiger partial charge < -0.3 is 20.6 Å². The molecule has 3 N–H and O–H groups in total. The molecule has 1 aromatic heterocycles. The average molecular weight is 309 g/mol. The van der Waals surface area contributed by atoms with Gasteiger partial charge in [-0.1, -0.05) is 6.42 Å². The monoisotopic (exact) mass is 309 g/mol. The lowest BCUT2D eigenvalue weighted by atomic mass is 10.1. The highest BCUT2D eigenvalue weighted by Crippen LogP contribution is 2.25. The molecular weight excluding hydrogens is 286 g/mol. The minimum Gasteiger partial charge on any atom is -0.393 e. The Balaban J connectivity index is 1.49. The summed E-state index contributed by atoms with van der Waals surface area (Å²) in [6.45, 7) is 4.26. The van der Waals surface area contributed by atoms with Gasteiger partial charge >= 0.3 is 0 Å². The Morgan fingerprint density at radius 1 is 1.38 bits per heavy atom. The van der Waals surface area contributed by atoms with Crippen LogP contribution in [0.15, 0.2) is 16.6 Å². The topological polar surface area (TPSA) is 78.0 Å². The van der Waals surface area contributed by atoms with Crippen LogP contribution in [0.2, 0.25) is 0 Å². The predicted molar refractivity (Wildman–Crippen MR) is 85.7 cm³/mol. The Labute approximate surface area is 129 Å². The Morgan fingerprint density at radius 2 is 2.19 bits per heavy atom. The molecule has 6 nitrogen and oxygen atoms in total. The molecule has 2 unspecified atom stereocenters. The third-order valence-electron chi connectivity index (χ3n) is 4.40. The summed E-state index contributed by atoms with van der Waals surface area (Å²) in [4.78, 5) is 13.3. The number of hydrogen-bond donors (Lipinski definition) is 2.